The van der Waals surface area contributed by atoms with Crippen LogP contribution < -0.4 is 9.80 Å². The zero-order chi connectivity index (χ0) is 25.8. The van der Waals surface area contributed by atoms with Gasteiger partial charge in [-0.2, -0.15) is 0 Å². The number of aromatic nitrogens is 1. The number of nitrogens with zero attached hydrogens (tertiary/aromatic N) is 3. The Bertz CT molecular complexity index is 1320. The summed E-state index contributed by atoms with van der Waals surface area (Å²) in [7, 11) is 4.05. The number of aromatic carboxylic acids is 1. The molecule has 5 rings (SSSR count). The van der Waals surface area contributed by atoms with Gasteiger partial charge in [-0.15, -0.1) is 11.3 Å². The summed E-state index contributed by atoms with van der Waals surface area (Å²) >= 11 is 1.55. The van der Waals surface area contributed by atoms with E-state index in [1.54, 1.807) is 17.4 Å². The van der Waals surface area contributed by atoms with Crippen LogP contribution >= 0.6 is 11.3 Å². The molecule has 4 aromatic rings. The van der Waals surface area contributed by atoms with Crippen molar-refractivity contribution in [1.29, 1.82) is 0 Å². The molecule has 6 nitrogen and oxygen atoms in total. The van der Waals surface area contributed by atoms with Crippen LogP contribution in [-0.2, 0) is 13.1 Å². The second kappa shape index (κ2) is 11.2. The number of thiazole rings is 1. The van der Waals surface area contributed by atoms with Crippen molar-refractivity contribution >= 4 is 28.1 Å². The molecule has 0 saturated heterocycles. The average Bonchev–Trinajstić information content (AvgIpc) is 3.60. The average molecular weight is 516 g/mol. The predicted octanol–water partition coefficient (Wildman–Crippen LogP) is 7.42. The van der Waals surface area contributed by atoms with Crippen molar-refractivity contribution in [3.05, 3.63) is 88.7 Å². The zero-order valence-corrected chi connectivity index (χ0v) is 22.2. The molecule has 0 spiro atoms. The maximum absolute atomic E-state index is 11.0. The first kappa shape index (κ1) is 25.1. The van der Waals surface area contributed by atoms with E-state index < -0.39 is 5.97 Å². The summed E-state index contributed by atoms with van der Waals surface area (Å²) in [4.78, 5) is 20.0. The molecule has 2 heterocycles. The molecule has 2 aromatic carbocycles. The summed E-state index contributed by atoms with van der Waals surface area (Å²) in [5.41, 5.74) is 5.98. The highest BCUT2D eigenvalue weighted by atomic mass is 32.1. The normalized spacial score (nSPS) is 14.0. The van der Waals surface area contributed by atoms with E-state index in [9.17, 15) is 4.79 Å². The number of carboxylic acids is 1. The van der Waals surface area contributed by atoms with Crippen LogP contribution in [0.3, 0.4) is 0 Å². The smallest absolute Gasteiger partial charge is 0.371 e. The van der Waals surface area contributed by atoms with E-state index in [1.807, 2.05) is 17.3 Å². The van der Waals surface area contributed by atoms with E-state index in [2.05, 4.69) is 60.5 Å². The highest BCUT2D eigenvalue weighted by Crippen LogP contribution is 2.33. The number of hydrogen-bond acceptors (Lipinski definition) is 6. The molecule has 1 saturated carbocycles. The van der Waals surface area contributed by atoms with Crippen LogP contribution in [0.5, 0.6) is 0 Å². The minimum absolute atomic E-state index is 0.0512. The third-order valence-corrected chi connectivity index (χ3v) is 8.12. The van der Waals surface area contributed by atoms with Gasteiger partial charge in [0, 0.05) is 37.3 Å². The van der Waals surface area contributed by atoms with Gasteiger partial charge in [0.1, 0.15) is 5.76 Å². The van der Waals surface area contributed by atoms with Gasteiger partial charge in [-0.25, -0.2) is 9.78 Å². The molecule has 1 aliphatic carbocycles. The fourth-order valence-electron chi connectivity index (χ4n) is 5.03. The number of carboxylic acid groups (broad SMARTS) is 1. The monoisotopic (exact) mass is 515 g/mol. The number of carbonyl (C=O) groups is 1. The van der Waals surface area contributed by atoms with Gasteiger partial charge in [0.15, 0.2) is 5.13 Å². The summed E-state index contributed by atoms with van der Waals surface area (Å²) in [5.74, 6) is 0.221. The largest absolute Gasteiger partial charge is 0.475 e. The summed E-state index contributed by atoms with van der Waals surface area (Å²) in [6.07, 6.45) is 6.79. The third-order valence-electron chi connectivity index (χ3n) is 7.16. The molecule has 0 atom stereocenters. The first-order valence-corrected chi connectivity index (χ1v) is 13.7. The van der Waals surface area contributed by atoms with Gasteiger partial charge in [-0.3, -0.25) is 0 Å². The molecule has 7 heteroatoms. The van der Waals surface area contributed by atoms with Gasteiger partial charge >= 0.3 is 5.97 Å². The fourth-order valence-corrected chi connectivity index (χ4v) is 5.84. The van der Waals surface area contributed by atoms with Gasteiger partial charge in [-0.05, 0) is 54.2 Å². The van der Waals surface area contributed by atoms with E-state index in [0.717, 1.165) is 28.9 Å². The van der Waals surface area contributed by atoms with Gasteiger partial charge < -0.3 is 19.3 Å². The van der Waals surface area contributed by atoms with Crippen molar-refractivity contribution in [1.82, 2.24) is 4.98 Å². The van der Waals surface area contributed by atoms with Crippen LogP contribution in [-0.4, -0.2) is 30.2 Å². The van der Waals surface area contributed by atoms with Crippen LogP contribution in [0.2, 0.25) is 0 Å². The minimum Gasteiger partial charge on any atom is -0.475 e. The summed E-state index contributed by atoms with van der Waals surface area (Å²) in [6.45, 7) is 1.32. The number of furan rings is 1. The number of rotatable bonds is 9. The molecule has 1 aliphatic rings. The molecule has 2 aromatic heterocycles. The Hall–Kier alpha value is -3.58. The fraction of sp³-hybridized carbons (Fsp3) is 0.333. The lowest BCUT2D eigenvalue weighted by Gasteiger charge is -2.23. The Morgan fingerprint density at radius 3 is 2.35 bits per heavy atom. The summed E-state index contributed by atoms with van der Waals surface area (Å²) in [6, 6.07) is 20.9. The first-order valence-electron chi connectivity index (χ1n) is 12.9. The number of benzene rings is 2. The van der Waals surface area contributed by atoms with Gasteiger partial charge in [0.25, 0.3) is 0 Å². The highest BCUT2D eigenvalue weighted by molar-refractivity contribution is 7.14. The third kappa shape index (κ3) is 6.05. The SMILES string of the molecule is CN(Cc1ccc(C2CCCCC2)cc1)c1ccc(-c2csc(N(C)Cc3ccc(C(=O)O)o3)n2)cc1. The van der Waals surface area contributed by atoms with Crippen molar-refractivity contribution < 1.29 is 14.3 Å². The maximum atomic E-state index is 11.0. The quantitative estimate of drug-likeness (QED) is 0.250. The molecule has 0 bridgehead atoms. The van der Waals surface area contributed by atoms with Gasteiger partial charge in [-0.1, -0.05) is 55.7 Å². The van der Waals surface area contributed by atoms with Crippen LogP contribution in [0.4, 0.5) is 10.8 Å². The van der Waals surface area contributed by atoms with Crippen LogP contribution in [0.25, 0.3) is 11.3 Å². The van der Waals surface area contributed by atoms with Crippen molar-refractivity contribution in [2.24, 2.45) is 0 Å². The Labute approximate surface area is 222 Å². The Kier molecular flexibility index (Phi) is 7.60. The lowest BCUT2D eigenvalue weighted by atomic mass is 9.84. The first-order chi connectivity index (χ1) is 18.0. The van der Waals surface area contributed by atoms with Crippen LogP contribution in [0.15, 0.2) is 70.5 Å². The molecular weight excluding hydrogens is 482 g/mol. The van der Waals surface area contributed by atoms with Crippen LogP contribution in [0.1, 0.15) is 65.5 Å². The highest BCUT2D eigenvalue weighted by Gasteiger charge is 2.16. The van der Waals surface area contributed by atoms with E-state index in [0.29, 0.717) is 12.3 Å². The zero-order valence-electron chi connectivity index (χ0n) is 21.4. The molecule has 0 amide bonds. The van der Waals surface area contributed by atoms with E-state index in [4.69, 9.17) is 14.5 Å². The van der Waals surface area contributed by atoms with E-state index in [-0.39, 0.29) is 5.76 Å². The molecule has 192 valence electrons. The van der Waals surface area contributed by atoms with Crippen LogP contribution in [0, 0.1) is 0 Å². The molecule has 0 unspecified atom stereocenters. The van der Waals surface area contributed by atoms with E-state index in [1.165, 1.54) is 55.0 Å². The Balaban J connectivity index is 1.18. The Morgan fingerprint density at radius 1 is 0.946 bits per heavy atom. The summed E-state index contributed by atoms with van der Waals surface area (Å²) in [5, 5.41) is 11.9. The number of anilines is 2. The maximum Gasteiger partial charge on any atom is 0.371 e. The second-order valence-corrected chi connectivity index (χ2v) is 10.8. The topological polar surface area (TPSA) is 69.8 Å². The van der Waals surface area contributed by atoms with Gasteiger partial charge in [0.05, 0.1) is 12.2 Å². The molecule has 0 radical (unpaired) electrons. The molecule has 1 N–H and O–H groups in total. The van der Waals surface area contributed by atoms with Gasteiger partial charge in [0.2, 0.25) is 5.76 Å². The lowest BCUT2D eigenvalue weighted by molar-refractivity contribution is 0.0660. The molecule has 37 heavy (non-hydrogen) atoms. The predicted molar refractivity (Wildman–Crippen MR) is 150 cm³/mol. The second-order valence-electron chi connectivity index (χ2n) is 9.92. The summed E-state index contributed by atoms with van der Waals surface area (Å²) < 4.78 is 5.37. The standard InChI is InChI=1S/C30H33N3O3S/c1-32(18-21-8-10-23(11-9-21)22-6-4-3-5-7-22)25-14-12-24(13-15-25)27-20-37-30(31-27)33(2)19-26-16-17-28(36-26)29(34)35/h8-17,20,22H,3-7,18-19H2,1-2H3,(H,34,35). The molecular formula is C30H33N3O3S. The van der Waals surface area contributed by atoms with Crippen molar-refractivity contribution in [3.8, 4) is 11.3 Å². The van der Waals surface area contributed by atoms with Crippen molar-refractivity contribution in [3.63, 3.8) is 0 Å². The lowest BCUT2D eigenvalue weighted by Crippen LogP contribution is -2.16. The Morgan fingerprint density at radius 2 is 1.68 bits per heavy atom. The van der Waals surface area contributed by atoms with E-state index >= 15 is 0 Å². The minimum atomic E-state index is -1.06. The van der Waals surface area contributed by atoms with Crippen molar-refractivity contribution in [2.45, 2.75) is 51.1 Å². The molecule has 0 aliphatic heterocycles. The van der Waals surface area contributed by atoms with Crippen molar-refractivity contribution in [2.75, 3.05) is 23.9 Å². The number of hydrogen-bond donors (Lipinski definition) is 1. The molecule has 1 fully saturated rings.